The van der Waals surface area contributed by atoms with Gasteiger partial charge in [-0.1, -0.05) is 6.42 Å². The highest BCUT2D eigenvalue weighted by molar-refractivity contribution is 4.88. The Labute approximate surface area is 102 Å². The number of likely N-dealkylation sites (tertiary alicyclic amines) is 1. The molecule has 0 spiro atoms. The molecule has 1 atom stereocenters. The molecule has 0 amide bonds. The van der Waals surface area contributed by atoms with Crippen LogP contribution in [0.2, 0.25) is 0 Å². The Hall–Kier alpha value is -0.940. The van der Waals surface area contributed by atoms with Crippen molar-refractivity contribution in [1.29, 1.82) is 0 Å². The van der Waals surface area contributed by atoms with E-state index in [4.69, 9.17) is 4.74 Å². The molecule has 5 heteroatoms. The van der Waals surface area contributed by atoms with Crippen LogP contribution in [0.15, 0.2) is 6.33 Å². The van der Waals surface area contributed by atoms with Crippen LogP contribution in [0.25, 0.3) is 0 Å². The Morgan fingerprint density at radius 3 is 2.82 bits per heavy atom. The predicted octanol–water partition coefficient (Wildman–Crippen LogP) is 1.05. The zero-order chi connectivity index (χ0) is 11.5. The molecular formula is C12H20N4O. The number of nitrogens with zero attached hydrogens (tertiary/aromatic N) is 4. The molecule has 0 aromatic carbocycles. The number of aromatic nitrogens is 3. The molecule has 3 rings (SSSR count). The van der Waals surface area contributed by atoms with Gasteiger partial charge in [0.05, 0.1) is 19.2 Å². The highest BCUT2D eigenvalue weighted by Crippen LogP contribution is 2.15. The fourth-order valence-corrected chi connectivity index (χ4v) is 2.52. The van der Waals surface area contributed by atoms with Gasteiger partial charge in [-0.05, 0) is 32.4 Å². The molecule has 0 bridgehead atoms. The van der Waals surface area contributed by atoms with Crippen LogP contribution in [0.4, 0.5) is 0 Å². The van der Waals surface area contributed by atoms with Gasteiger partial charge >= 0.3 is 0 Å². The summed E-state index contributed by atoms with van der Waals surface area (Å²) >= 11 is 0. The van der Waals surface area contributed by atoms with E-state index in [2.05, 4.69) is 19.7 Å². The summed E-state index contributed by atoms with van der Waals surface area (Å²) in [6, 6.07) is 0. The van der Waals surface area contributed by atoms with E-state index in [0.29, 0.717) is 6.10 Å². The molecule has 0 radical (unpaired) electrons. The largest absolute Gasteiger partial charge is 0.376 e. The minimum atomic E-state index is 0.381. The van der Waals surface area contributed by atoms with Gasteiger partial charge in [0.2, 0.25) is 0 Å². The maximum atomic E-state index is 5.46. The molecule has 3 heterocycles. The lowest BCUT2D eigenvalue weighted by atomic mass is 10.1. The van der Waals surface area contributed by atoms with Gasteiger partial charge in [0.1, 0.15) is 12.2 Å². The Morgan fingerprint density at radius 1 is 1.29 bits per heavy atom. The number of piperidine rings is 1. The van der Waals surface area contributed by atoms with Crippen LogP contribution in [0, 0.1) is 0 Å². The van der Waals surface area contributed by atoms with E-state index in [9.17, 15) is 0 Å². The first-order valence-electron chi connectivity index (χ1n) is 6.62. The molecule has 5 nitrogen and oxygen atoms in total. The molecule has 0 unspecified atom stereocenters. The molecule has 17 heavy (non-hydrogen) atoms. The molecule has 2 saturated heterocycles. The number of ether oxygens (including phenoxy) is 1. The summed E-state index contributed by atoms with van der Waals surface area (Å²) in [7, 11) is 0. The predicted molar refractivity (Wildman–Crippen MR) is 63.5 cm³/mol. The Morgan fingerprint density at radius 2 is 2.12 bits per heavy atom. The van der Waals surface area contributed by atoms with E-state index in [1.807, 2.05) is 6.33 Å². The third kappa shape index (κ3) is 2.66. The van der Waals surface area contributed by atoms with Gasteiger partial charge in [0.25, 0.3) is 0 Å². The van der Waals surface area contributed by atoms with Crippen molar-refractivity contribution < 1.29 is 4.74 Å². The second-order valence-electron chi connectivity index (χ2n) is 5.02. The van der Waals surface area contributed by atoms with Crippen LogP contribution >= 0.6 is 0 Å². The van der Waals surface area contributed by atoms with Gasteiger partial charge in [0.15, 0.2) is 0 Å². The minimum Gasteiger partial charge on any atom is -0.376 e. The van der Waals surface area contributed by atoms with Crippen molar-refractivity contribution in [3.05, 3.63) is 12.2 Å². The topological polar surface area (TPSA) is 43.2 Å². The van der Waals surface area contributed by atoms with E-state index < -0.39 is 0 Å². The Balaban J connectivity index is 1.59. The van der Waals surface area contributed by atoms with Gasteiger partial charge in [0, 0.05) is 6.61 Å². The van der Waals surface area contributed by atoms with Crippen molar-refractivity contribution in [2.24, 2.45) is 0 Å². The van der Waals surface area contributed by atoms with Crippen molar-refractivity contribution >= 4 is 0 Å². The highest BCUT2D eigenvalue weighted by Gasteiger charge is 2.21. The molecule has 0 saturated carbocycles. The summed E-state index contributed by atoms with van der Waals surface area (Å²) in [6.07, 6.45) is 7.40. The molecule has 94 valence electrons. The zero-order valence-corrected chi connectivity index (χ0v) is 10.2. The Bertz CT molecular complexity index is 355. The maximum absolute atomic E-state index is 5.46. The van der Waals surface area contributed by atoms with Crippen LogP contribution < -0.4 is 0 Å². The maximum Gasteiger partial charge on any atom is 0.147 e. The second-order valence-corrected chi connectivity index (χ2v) is 5.02. The summed E-state index contributed by atoms with van der Waals surface area (Å²) in [5, 5.41) is 8.27. The molecule has 1 aromatic rings. The van der Waals surface area contributed by atoms with Crippen molar-refractivity contribution in [1.82, 2.24) is 19.7 Å². The SMILES string of the molecule is c1nnc(CN2CCCCC2)n1C[C@@H]1CCO1. The standard InChI is InChI=1S/C12H20N4O/c1-2-5-15(6-3-1)9-12-14-13-10-16(12)8-11-4-7-17-11/h10-11H,1-9H2/t11-/m0/s1. The van der Waals surface area contributed by atoms with Crippen molar-refractivity contribution in [3.63, 3.8) is 0 Å². The van der Waals surface area contributed by atoms with E-state index in [0.717, 1.165) is 25.5 Å². The summed E-state index contributed by atoms with van der Waals surface area (Å²) in [4.78, 5) is 2.48. The van der Waals surface area contributed by atoms with Crippen LogP contribution in [0.3, 0.4) is 0 Å². The lowest BCUT2D eigenvalue weighted by Crippen LogP contribution is -2.33. The van der Waals surface area contributed by atoms with Crippen molar-refractivity contribution in [3.8, 4) is 0 Å². The van der Waals surface area contributed by atoms with E-state index in [1.165, 1.54) is 38.8 Å². The molecular weight excluding hydrogens is 216 g/mol. The minimum absolute atomic E-state index is 0.381. The average molecular weight is 236 g/mol. The quantitative estimate of drug-likeness (QED) is 0.784. The van der Waals surface area contributed by atoms with E-state index in [1.54, 1.807) is 0 Å². The normalized spacial score (nSPS) is 25.8. The molecule has 1 aromatic heterocycles. The number of hydrogen-bond donors (Lipinski definition) is 0. The van der Waals surface area contributed by atoms with Gasteiger partial charge in [-0.25, -0.2) is 0 Å². The first-order chi connectivity index (χ1) is 8.42. The van der Waals surface area contributed by atoms with E-state index in [-0.39, 0.29) is 0 Å². The molecule has 2 aliphatic heterocycles. The molecule has 2 fully saturated rings. The fourth-order valence-electron chi connectivity index (χ4n) is 2.52. The average Bonchev–Trinajstić information content (AvgIpc) is 2.72. The zero-order valence-electron chi connectivity index (χ0n) is 10.2. The number of rotatable bonds is 4. The number of hydrogen-bond acceptors (Lipinski definition) is 4. The first-order valence-corrected chi connectivity index (χ1v) is 6.62. The monoisotopic (exact) mass is 236 g/mol. The molecule has 2 aliphatic rings. The van der Waals surface area contributed by atoms with Crippen molar-refractivity contribution in [2.45, 2.75) is 44.9 Å². The van der Waals surface area contributed by atoms with Crippen LogP contribution in [-0.2, 0) is 17.8 Å². The summed E-state index contributed by atoms with van der Waals surface area (Å²) in [6.45, 7) is 5.16. The third-order valence-corrected chi connectivity index (χ3v) is 3.70. The molecule has 0 N–H and O–H groups in total. The van der Waals surface area contributed by atoms with Gasteiger partial charge in [-0.3, -0.25) is 4.90 Å². The first kappa shape index (κ1) is 11.2. The smallest absolute Gasteiger partial charge is 0.147 e. The Kier molecular flexibility index (Phi) is 3.38. The van der Waals surface area contributed by atoms with Gasteiger partial charge in [-0.2, -0.15) is 0 Å². The highest BCUT2D eigenvalue weighted by atomic mass is 16.5. The van der Waals surface area contributed by atoms with Crippen LogP contribution in [0.5, 0.6) is 0 Å². The fraction of sp³-hybridized carbons (Fsp3) is 0.833. The van der Waals surface area contributed by atoms with Gasteiger partial charge in [-0.15, -0.1) is 10.2 Å². The lowest BCUT2D eigenvalue weighted by molar-refractivity contribution is -0.0598. The third-order valence-electron chi connectivity index (χ3n) is 3.70. The lowest BCUT2D eigenvalue weighted by Gasteiger charge is -2.28. The second kappa shape index (κ2) is 5.14. The van der Waals surface area contributed by atoms with Crippen LogP contribution in [0.1, 0.15) is 31.5 Å². The van der Waals surface area contributed by atoms with Crippen molar-refractivity contribution in [2.75, 3.05) is 19.7 Å². The summed E-state index contributed by atoms with van der Waals surface area (Å²) < 4.78 is 7.61. The van der Waals surface area contributed by atoms with E-state index >= 15 is 0 Å². The molecule has 0 aliphatic carbocycles. The summed E-state index contributed by atoms with van der Waals surface area (Å²) in [5.74, 6) is 1.09. The van der Waals surface area contributed by atoms with Crippen LogP contribution in [-0.4, -0.2) is 45.5 Å². The van der Waals surface area contributed by atoms with Gasteiger partial charge < -0.3 is 9.30 Å². The summed E-state index contributed by atoms with van der Waals surface area (Å²) in [5.41, 5.74) is 0.